The van der Waals surface area contributed by atoms with Crippen molar-refractivity contribution in [2.45, 2.75) is 45.3 Å². The van der Waals surface area contributed by atoms with Crippen LogP contribution in [0.5, 0.6) is 0 Å². The van der Waals surface area contributed by atoms with E-state index in [-0.39, 0.29) is 6.10 Å². The van der Waals surface area contributed by atoms with Gasteiger partial charge >= 0.3 is 0 Å². The molecule has 1 unspecified atom stereocenters. The summed E-state index contributed by atoms with van der Waals surface area (Å²) in [6.07, 6.45) is 5.85. The van der Waals surface area contributed by atoms with Gasteiger partial charge in [-0.15, -0.1) is 0 Å². The molecule has 27 heavy (non-hydrogen) atoms. The quantitative estimate of drug-likeness (QED) is 0.723. The van der Waals surface area contributed by atoms with E-state index in [9.17, 15) is 5.11 Å². The number of hydrogen-bond donors (Lipinski definition) is 1. The highest BCUT2D eigenvalue weighted by Crippen LogP contribution is 2.25. The van der Waals surface area contributed by atoms with Crippen LogP contribution in [0.15, 0.2) is 54.7 Å². The lowest BCUT2D eigenvalue weighted by molar-refractivity contribution is 0.0517. The van der Waals surface area contributed by atoms with Crippen LogP contribution in [0.1, 0.15) is 36.3 Å². The molecule has 2 aromatic heterocycles. The molecule has 4 rings (SSSR count). The lowest BCUT2D eigenvalue weighted by atomic mass is 9.88. The molecule has 3 aromatic rings. The second-order valence-electron chi connectivity index (χ2n) is 7.77. The van der Waals surface area contributed by atoms with Crippen LogP contribution < -0.4 is 0 Å². The molecule has 0 radical (unpaired) electrons. The Morgan fingerprint density at radius 2 is 1.81 bits per heavy atom. The molecule has 1 aliphatic heterocycles. The van der Waals surface area contributed by atoms with Gasteiger partial charge in [-0.25, -0.2) is 4.98 Å². The van der Waals surface area contributed by atoms with Crippen LogP contribution in [0.25, 0.3) is 5.52 Å². The van der Waals surface area contributed by atoms with Gasteiger partial charge in [-0.05, 0) is 69.3 Å². The number of rotatable bonds is 6. The minimum atomic E-state index is -0.192. The van der Waals surface area contributed by atoms with Gasteiger partial charge < -0.3 is 9.51 Å². The number of benzene rings is 1. The second-order valence-corrected chi connectivity index (χ2v) is 7.77. The number of aliphatic hydroxyl groups is 1. The van der Waals surface area contributed by atoms with Crippen molar-refractivity contribution in [1.29, 1.82) is 0 Å². The summed E-state index contributed by atoms with van der Waals surface area (Å²) in [5.41, 5.74) is 3.69. The number of aliphatic hydroxyl groups excluding tert-OH is 1. The van der Waals surface area contributed by atoms with Crippen molar-refractivity contribution in [3.8, 4) is 0 Å². The molecule has 1 saturated heterocycles. The normalized spacial score (nSPS) is 17.4. The first-order chi connectivity index (χ1) is 13.2. The predicted octanol–water partition coefficient (Wildman–Crippen LogP) is 3.85. The smallest absolute Gasteiger partial charge is 0.110 e. The number of fused-ring (bicyclic) bond motifs is 1. The molecule has 3 heterocycles. The highest BCUT2D eigenvalue weighted by atomic mass is 16.3. The molecular formula is C23H29N3O. The van der Waals surface area contributed by atoms with Crippen molar-refractivity contribution in [2.24, 2.45) is 5.92 Å². The maximum atomic E-state index is 10.6. The Bertz CT molecular complexity index is 866. The highest BCUT2D eigenvalue weighted by Gasteiger charge is 2.25. The highest BCUT2D eigenvalue weighted by molar-refractivity contribution is 5.53. The molecule has 1 N–H and O–H groups in total. The van der Waals surface area contributed by atoms with Gasteiger partial charge in [0.15, 0.2) is 0 Å². The lowest BCUT2D eigenvalue weighted by Crippen LogP contribution is -2.37. The van der Waals surface area contributed by atoms with E-state index in [1.54, 1.807) is 0 Å². The molecule has 0 spiro atoms. The van der Waals surface area contributed by atoms with E-state index in [0.29, 0.717) is 5.92 Å². The van der Waals surface area contributed by atoms with E-state index in [1.165, 1.54) is 11.1 Å². The fourth-order valence-electron chi connectivity index (χ4n) is 4.29. The third-order valence-corrected chi connectivity index (χ3v) is 5.92. The summed E-state index contributed by atoms with van der Waals surface area (Å²) in [7, 11) is 0. The van der Waals surface area contributed by atoms with Gasteiger partial charge in [0.05, 0.1) is 17.3 Å². The Morgan fingerprint density at radius 1 is 1.07 bits per heavy atom. The maximum absolute atomic E-state index is 10.6. The predicted molar refractivity (Wildman–Crippen MR) is 109 cm³/mol. The first-order valence-electron chi connectivity index (χ1n) is 10.1. The molecule has 1 fully saturated rings. The van der Waals surface area contributed by atoms with Crippen LogP contribution in [0.3, 0.4) is 0 Å². The first-order valence-corrected chi connectivity index (χ1v) is 10.1. The maximum Gasteiger partial charge on any atom is 0.110 e. The van der Waals surface area contributed by atoms with Crippen LogP contribution in [-0.4, -0.2) is 38.6 Å². The lowest BCUT2D eigenvalue weighted by Gasteiger charge is -2.34. The molecule has 0 bridgehead atoms. The molecule has 0 aliphatic carbocycles. The summed E-state index contributed by atoms with van der Waals surface area (Å²) in [6.45, 7) is 5.04. The van der Waals surface area contributed by atoms with Crippen molar-refractivity contribution in [3.63, 3.8) is 0 Å². The standard InChI is InChI=1S/C23H29N3O/c1-18-24-21(22-9-5-6-14-26(18)22)17-25-15-12-20(13-16-25)23(27)11-10-19-7-3-2-4-8-19/h2-9,14,20,23,27H,10-13,15-17H2,1H3. The number of likely N-dealkylation sites (tertiary alicyclic amines) is 1. The van der Waals surface area contributed by atoms with Gasteiger partial charge in [-0.1, -0.05) is 36.4 Å². The number of aryl methyl sites for hydroxylation is 2. The van der Waals surface area contributed by atoms with Crippen LogP contribution in [-0.2, 0) is 13.0 Å². The zero-order valence-electron chi connectivity index (χ0n) is 16.1. The summed E-state index contributed by atoms with van der Waals surface area (Å²) < 4.78 is 2.16. The van der Waals surface area contributed by atoms with Crippen molar-refractivity contribution in [2.75, 3.05) is 13.1 Å². The first kappa shape index (κ1) is 18.2. The summed E-state index contributed by atoms with van der Waals surface area (Å²) in [6, 6.07) is 16.8. The summed E-state index contributed by atoms with van der Waals surface area (Å²) in [5.74, 6) is 1.47. The topological polar surface area (TPSA) is 40.8 Å². The number of nitrogens with zero attached hydrogens (tertiary/aromatic N) is 3. The molecule has 1 aromatic carbocycles. The Hall–Kier alpha value is -2.17. The third-order valence-electron chi connectivity index (χ3n) is 5.92. The van der Waals surface area contributed by atoms with E-state index < -0.39 is 0 Å². The van der Waals surface area contributed by atoms with E-state index >= 15 is 0 Å². The molecule has 4 nitrogen and oxygen atoms in total. The Balaban J connectivity index is 1.29. The molecule has 1 aliphatic rings. The number of hydrogen-bond acceptors (Lipinski definition) is 3. The van der Waals surface area contributed by atoms with Gasteiger partial charge in [0.2, 0.25) is 0 Å². The molecular weight excluding hydrogens is 334 g/mol. The Kier molecular flexibility index (Phi) is 5.55. The van der Waals surface area contributed by atoms with E-state index in [0.717, 1.165) is 56.8 Å². The van der Waals surface area contributed by atoms with Gasteiger partial charge in [0.25, 0.3) is 0 Å². The third kappa shape index (κ3) is 4.23. The van der Waals surface area contributed by atoms with Crippen molar-refractivity contribution in [1.82, 2.24) is 14.3 Å². The number of pyridine rings is 1. The molecule has 0 amide bonds. The van der Waals surface area contributed by atoms with Crippen LogP contribution in [0.4, 0.5) is 0 Å². The fourth-order valence-corrected chi connectivity index (χ4v) is 4.29. The fraction of sp³-hybridized carbons (Fsp3) is 0.435. The number of aromatic nitrogens is 2. The zero-order chi connectivity index (χ0) is 18.6. The van der Waals surface area contributed by atoms with Crippen molar-refractivity contribution >= 4 is 5.52 Å². The summed E-state index contributed by atoms with van der Waals surface area (Å²) in [5, 5.41) is 10.6. The van der Waals surface area contributed by atoms with Crippen LogP contribution in [0.2, 0.25) is 0 Å². The molecule has 142 valence electrons. The number of piperidine rings is 1. The SMILES string of the molecule is Cc1nc(CN2CCC(C(O)CCc3ccccc3)CC2)c2ccccn12. The minimum absolute atomic E-state index is 0.192. The van der Waals surface area contributed by atoms with Gasteiger partial charge in [0, 0.05) is 12.7 Å². The molecule has 4 heteroatoms. The van der Waals surface area contributed by atoms with Crippen molar-refractivity contribution in [3.05, 3.63) is 71.8 Å². The van der Waals surface area contributed by atoms with Crippen molar-refractivity contribution < 1.29 is 5.11 Å². The van der Waals surface area contributed by atoms with Crippen LogP contribution in [0, 0.1) is 12.8 Å². The van der Waals surface area contributed by atoms with E-state index in [1.807, 2.05) is 12.1 Å². The molecule has 1 atom stereocenters. The Morgan fingerprint density at radius 3 is 2.59 bits per heavy atom. The second kappa shape index (κ2) is 8.24. The Labute approximate surface area is 161 Å². The molecule has 0 saturated carbocycles. The van der Waals surface area contributed by atoms with Gasteiger partial charge in [-0.3, -0.25) is 4.90 Å². The zero-order valence-corrected chi connectivity index (χ0v) is 16.1. The van der Waals surface area contributed by atoms with Gasteiger partial charge in [0.1, 0.15) is 5.82 Å². The average molecular weight is 364 g/mol. The van der Waals surface area contributed by atoms with E-state index in [4.69, 9.17) is 4.98 Å². The monoisotopic (exact) mass is 363 g/mol. The summed E-state index contributed by atoms with van der Waals surface area (Å²) in [4.78, 5) is 7.25. The van der Waals surface area contributed by atoms with Gasteiger partial charge in [-0.2, -0.15) is 0 Å². The number of imidazole rings is 1. The summed E-state index contributed by atoms with van der Waals surface area (Å²) >= 11 is 0. The minimum Gasteiger partial charge on any atom is -0.393 e. The average Bonchev–Trinajstić information content (AvgIpc) is 3.03. The van der Waals surface area contributed by atoms with E-state index in [2.05, 4.69) is 58.8 Å². The van der Waals surface area contributed by atoms with Crippen LogP contribution >= 0.6 is 0 Å². The largest absolute Gasteiger partial charge is 0.393 e.